The van der Waals surface area contributed by atoms with Gasteiger partial charge < -0.3 is 19.1 Å². The fourth-order valence-electron chi connectivity index (χ4n) is 3.47. The second-order valence-corrected chi connectivity index (χ2v) is 7.40. The zero-order valence-electron chi connectivity index (χ0n) is 16.2. The van der Waals surface area contributed by atoms with Crippen molar-refractivity contribution in [1.82, 2.24) is 4.90 Å². The minimum absolute atomic E-state index is 0.749. The van der Waals surface area contributed by atoms with E-state index in [1.807, 2.05) is 18.2 Å². The van der Waals surface area contributed by atoms with Gasteiger partial charge in [0.2, 0.25) is 0 Å². The first-order chi connectivity index (χ1) is 13.2. The molecule has 1 fully saturated rings. The minimum atomic E-state index is 0.749. The van der Waals surface area contributed by atoms with Gasteiger partial charge >= 0.3 is 0 Å². The van der Waals surface area contributed by atoms with Crippen molar-refractivity contribution in [2.45, 2.75) is 6.42 Å². The minimum Gasteiger partial charge on any atom is -0.495 e. The Morgan fingerprint density at radius 2 is 1.48 bits per heavy atom. The highest BCUT2D eigenvalue weighted by atomic mass is 79.9. The third-order valence-electron chi connectivity index (χ3n) is 5.05. The molecule has 1 heterocycles. The number of hydrogen-bond donors (Lipinski definition) is 0. The van der Waals surface area contributed by atoms with E-state index in [9.17, 15) is 0 Å². The Labute approximate surface area is 169 Å². The lowest BCUT2D eigenvalue weighted by Gasteiger charge is -2.36. The first-order valence-corrected chi connectivity index (χ1v) is 9.96. The average Bonchev–Trinajstić information content (AvgIpc) is 2.73. The zero-order valence-corrected chi connectivity index (χ0v) is 17.8. The summed E-state index contributed by atoms with van der Waals surface area (Å²) >= 11 is 3.66. The molecule has 0 unspecified atom stereocenters. The van der Waals surface area contributed by atoms with E-state index >= 15 is 0 Å². The smallest absolute Gasteiger partial charge is 0.161 e. The molecule has 0 radical (unpaired) electrons. The number of anilines is 1. The van der Waals surface area contributed by atoms with E-state index in [2.05, 4.69) is 43.9 Å². The summed E-state index contributed by atoms with van der Waals surface area (Å²) < 4.78 is 17.4. The van der Waals surface area contributed by atoms with E-state index in [4.69, 9.17) is 14.2 Å². The number of nitrogens with zero attached hydrogens (tertiary/aromatic N) is 2. The quantitative estimate of drug-likeness (QED) is 0.661. The van der Waals surface area contributed by atoms with Gasteiger partial charge in [-0.25, -0.2) is 0 Å². The molecule has 27 heavy (non-hydrogen) atoms. The summed E-state index contributed by atoms with van der Waals surface area (Å²) in [6.07, 6.45) is 0.968. The van der Waals surface area contributed by atoms with Crippen LogP contribution in [0.1, 0.15) is 5.56 Å². The van der Waals surface area contributed by atoms with Crippen LogP contribution in [0, 0.1) is 0 Å². The van der Waals surface area contributed by atoms with Crippen LogP contribution in [-0.2, 0) is 6.42 Å². The van der Waals surface area contributed by atoms with Crippen molar-refractivity contribution in [2.24, 2.45) is 0 Å². The molecule has 6 heteroatoms. The number of ether oxygens (including phenoxy) is 3. The van der Waals surface area contributed by atoms with Gasteiger partial charge in [-0.05, 0) is 36.2 Å². The van der Waals surface area contributed by atoms with Crippen LogP contribution in [0.25, 0.3) is 0 Å². The van der Waals surface area contributed by atoms with Crippen molar-refractivity contribution >= 4 is 21.6 Å². The molecule has 5 nitrogen and oxygen atoms in total. The van der Waals surface area contributed by atoms with Crippen molar-refractivity contribution < 1.29 is 14.2 Å². The summed E-state index contributed by atoms with van der Waals surface area (Å²) in [5.41, 5.74) is 2.42. The molecule has 1 aliphatic heterocycles. The maximum absolute atomic E-state index is 5.50. The fraction of sp³-hybridized carbons (Fsp3) is 0.429. The fourth-order valence-corrected chi connectivity index (χ4v) is 3.99. The Bertz CT molecular complexity index is 761. The van der Waals surface area contributed by atoms with Gasteiger partial charge in [-0.3, -0.25) is 4.90 Å². The van der Waals surface area contributed by atoms with E-state index < -0.39 is 0 Å². The van der Waals surface area contributed by atoms with Crippen molar-refractivity contribution in [3.8, 4) is 17.2 Å². The molecule has 1 aliphatic rings. The molecule has 0 aromatic heterocycles. The van der Waals surface area contributed by atoms with Gasteiger partial charge in [-0.1, -0.05) is 28.1 Å². The van der Waals surface area contributed by atoms with E-state index in [1.165, 1.54) is 11.3 Å². The highest BCUT2D eigenvalue weighted by Gasteiger charge is 2.20. The van der Waals surface area contributed by atoms with Crippen LogP contribution in [0.15, 0.2) is 40.9 Å². The molecule has 0 spiro atoms. The standard InChI is InChI=1S/C21H27BrN2O3/c1-25-19-7-5-4-6-18(19)24-12-10-23(11-13-24)9-8-16-14-20(26-2)21(27-3)15-17(16)22/h4-7,14-15H,8-13H2,1-3H3. The normalized spacial score (nSPS) is 14.9. The average molecular weight is 435 g/mol. The van der Waals surface area contributed by atoms with Crippen LogP contribution in [-0.4, -0.2) is 59.0 Å². The Kier molecular flexibility index (Phi) is 6.85. The molecule has 1 saturated heterocycles. The molecule has 0 saturated carbocycles. The number of methoxy groups -OCH3 is 3. The lowest BCUT2D eigenvalue weighted by Crippen LogP contribution is -2.47. The Morgan fingerprint density at radius 1 is 0.852 bits per heavy atom. The SMILES string of the molecule is COc1cc(Br)c(CCN2CCN(c3ccccc3OC)CC2)cc1OC. The number of benzene rings is 2. The van der Waals surface area contributed by atoms with Crippen LogP contribution >= 0.6 is 15.9 Å². The summed E-state index contributed by atoms with van der Waals surface area (Å²) in [7, 11) is 5.06. The summed E-state index contributed by atoms with van der Waals surface area (Å²) in [6, 6.07) is 12.3. The molecule has 0 aliphatic carbocycles. The van der Waals surface area contributed by atoms with Crippen LogP contribution in [0.4, 0.5) is 5.69 Å². The first-order valence-electron chi connectivity index (χ1n) is 9.17. The van der Waals surface area contributed by atoms with Gasteiger partial charge in [0.25, 0.3) is 0 Å². The highest BCUT2D eigenvalue weighted by molar-refractivity contribution is 9.10. The maximum Gasteiger partial charge on any atom is 0.161 e. The Balaban J connectivity index is 1.57. The molecule has 0 N–H and O–H groups in total. The summed E-state index contributed by atoms with van der Waals surface area (Å²) in [6.45, 7) is 5.13. The third-order valence-corrected chi connectivity index (χ3v) is 5.79. The lowest BCUT2D eigenvalue weighted by molar-refractivity contribution is 0.260. The van der Waals surface area contributed by atoms with Gasteiger partial charge in [-0.2, -0.15) is 0 Å². The molecule has 2 aromatic carbocycles. The molecule has 0 bridgehead atoms. The highest BCUT2D eigenvalue weighted by Crippen LogP contribution is 2.34. The summed E-state index contributed by atoms with van der Waals surface area (Å²) in [5, 5.41) is 0. The predicted octanol–water partition coefficient (Wildman–Crippen LogP) is 3.84. The summed E-state index contributed by atoms with van der Waals surface area (Å²) in [4.78, 5) is 4.91. The van der Waals surface area contributed by atoms with Crippen LogP contribution in [0.3, 0.4) is 0 Å². The predicted molar refractivity (Wildman–Crippen MR) is 113 cm³/mol. The van der Waals surface area contributed by atoms with E-state index in [0.29, 0.717) is 0 Å². The number of rotatable bonds is 7. The van der Waals surface area contributed by atoms with Crippen LogP contribution in [0.2, 0.25) is 0 Å². The van der Waals surface area contributed by atoms with E-state index in [0.717, 1.165) is 60.9 Å². The topological polar surface area (TPSA) is 34.2 Å². The molecular formula is C21H27BrN2O3. The molecular weight excluding hydrogens is 408 g/mol. The Morgan fingerprint density at radius 3 is 2.15 bits per heavy atom. The van der Waals surface area contributed by atoms with Gasteiger partial charge in [0.1, 0.15) is 5.75 Å². The largest absolute Gasteiger partial charge is 0.495 e. The van der Waals surface area contributed by atoms with Gasteiger partial charge in [0.15, 0.2) is 11.5 Å². The molecule has 146 valence electrons. The molecule has 3 rings (SSSR count). The van der Waals surface area contributed by atoms with Crippen molar-refractivity contribution in [1.29, 1.82) is 0 Å². The van der Waals surface area contributed by atoms with E-state index in [-0.39, 0.29) is 0 Å². The molecule has 2 aromatic rings. The number of piperazine rings is 1. The second kappa shape index (κ2) is 9.33. The maximum atomic E-state index is 5.50. The van der Waals surface area contributed by atoms with Crippen molar-refractivity contribution in [2.75, 3.05) is 59.0 Å². The molecule has 0 atom stereocenters. The van der Waals surface area contributed by atoms with Crippen LogP contribution in [0.5, 0.6) is 17.2 Å². The monoisotopic (exact) mass is 434 g/mol. The summed E-state index contributed by atoms with van der Waals surface area (Å²) in [5.74, 6) is 2.47. The lowest BCUT2D eigenvalue weighted by atomic mass is 10.1. The number of hydrogen-bond acceptors (Lipinski definition) is 5. The van der Waals surface area contributed by atoms with E-state index in [1.54, 1.807) is 21.3 Å². The van der Waals surface area contributed by atoms with Crippen molar-refractivity contribution in [3.63, 3.8) is 0 Å². The van der Waals surface area contributed by atoms with Crippen molar-refractivity contribution in [3.05, 3.63) is 46.4 Å². The Hall–Kier alpha value is -1.92. The second-order valence-electron chi connectivity index (χ2n) is 6.55. The zero-order chi connectivity index (χ0) is 19.2. The van der Waals surface area contributed by atoms with Gasteiger partial charge in [-0.15, -0.1) is 0 Å². The molecule has 0 amide bonds. The number of halogens is 1. The van der Waals surface area contributed by atoms with Gasteiger partial charge in [0.05, 0.1) is 27.0 Å². The third kappa shape index (κ3) is 4.68. The number of para-hydroxylation sites is 2. The first kappa shape index (κ1) is 19.8. The van der Waals surface area contributed by atoms with Crippen LogP contribution < -0.4 is 19.1 Å². The van der Waals surface area contributed by atoms with Gasteiger partial charge in [0, 0.05) is 37.2 Å².